The zero-order valence-corrected chi connectivity index (χ0v) is 9.52. The minimum Gasteiger partial charge on any atom is -0.316 e. The highest BCUT2D eigenvalue weighted by Crippen LogP contribution is 2.14. The van der Waals surface area contributed by atoms with Crippen molar-refractivity contribution in [2.45, 2.75) is 27.3 Å². The van der Waals surface area contributed by atoms with Crippen LogP contribution in [0.15, 0.2) is 23.8 Å². The summed E-state index contributed by atoms with van der Waals surface area (Å²) in [4.78, 5) is 0. The highest BCUT2D eigenvalue weighted by atomic mass is 14.8. The number of nitrogens with one attached hydrogen (secondary N) is 1. The molecule has 1 aromatic carbocycles. The average molecular weight is 189 g/mol. The maximum Gasteiger partial charge on any atom is 0.0202 e. The van der Waals surface area contributed by atoms with Crippen LogP contribution in [0.1, 0.15) is 30.5 Å². The zero-order valence-electron chi connectivity index (χ0n) is 9.52. The molecule has 0 saturated carbocycles. The number of allylic oxidation sites excluding steroid dienone is 1. The molecule has 1 nitrogen and oxygen atoms in total. The van der Waals surface area contributed by atoms with Crippen LogP contribution >= 0.6 is 0 Å². The van der Waals surface area contributed by atoms with Crippen molar-refractivity contribution in [3.8, 4) is 0 Å². The lowest BCUT2D eigenvalue weighted by Gasteiger charge is -2.05. The second-order valence-corrected chi connectivity index (χ2v) is 3.94. The van der Waals surface area contributed by atoms with E-state index in [4.69, 9.17) is 0 Å². The van der Waals surface area contributed by atoms with E-state index < -0.39 is 0 Å². The number of rotatable bonds is 3. The number of hydrogen-bond acceptors (Lipinski definition) is 1. The molecule has 0 aromatic heterocycles. The largest absolute Gasteiger partial charge is 0.316 e. The molecule has 0 bridgehead atoms. The smallest absolute Gasteiger partial charge is 0.0202 e. The van der Waals surface area contributed by atoms with Crippen LogP contribution < -0.4 is 5.32 Å². The van der Waals surface area contributed by atoms with Crippen molar-refractivity contribution in [2.75, 3.05) is 7.05 Å². The van der Waals surface area contributed by atoms with E-state index in [1.807, 2.05) is 7.05 Å². The third kappa shape index (κ3) is 3.00. The average Bonchev–Trinajstić information content (AvgIpc) is 2.10. The summed E-state index contributed by atoms with van der Waals surface area (Å²) in [6.07, 6.45) is 2.22. The van der Waals surface area contributed by atoms with Crippen molar-refractivity contribution in [2.24, 2.45) is 0 Å². The van der Waals surface area contributed by atoms with Crippen molar-refractivity contribution in [3.05, 3.63) is 40.5 Å². The van der Waals surface area contributed by atoms with Crippen LogP contribution in [0.25, 0.3) is 6.08 Å². The topological polar surface area (TPSA) is 12.0 Å². The van der Waals surface area contributed by atoms with Gasteiger partial charge in [-0.2, -0.15) is 0 Å². The second kappa shape index (κ2) is 4.97. The monoisotopic (exact) mass is 189 g/mol. The van der Waals surface area contributed by atoms with Gasteiger partial charge >= 0.3 is 0 Å². The van der Waals surface area contributed by atoms with Crippen LogP contribution in [-0.4, -0.2) is 7.05 Å². The highest BCUT2D eigenvalue weighted by molar-refractivity contribution is 5.56. The standard InChI is InChI=1S/C13H19N/c1-10(2)7-13-6-5-12(9-14-4)8-11(13)3/h5-8,14H,9H2,1-4H3. The summed E-state index contributed by atoms with van der Waals surface area (Å²) in [7, 11) is 1.97. The first-order valence-electron chi connectivity index (χ1n) is 5.02. The zero-order chi connectivity index (χ0) is 10.6. The normalized spacial score (nSPS) is 10.0. The third-order valence-corrected chi connectivity index (χ3v) is 2.16. The van der Waals surface area contributed by atoms with Gasteiger partial charge in [0, 0.05) is 6.54 Å². The maximum atomic E-state index is 3.16. The van der Waals surface area contributed by atoms with Gasteiger partial charge in [0.25, 0.3) is 0 Å². The van der Waals surface area contributed by atoms with Crippen molar-refractivity contribution in [1.29, 1.82) is 0 Å². The van der Waals surface area contributed by atoms with E-state index >= 15 is 0 Å². The highest BCUT2D eigenvalue weighted by Gasteiger charge is 1.96. The molecule has 0 radical (unpaired) electrons. The van der Waals surface area contributed by atoms with E-state index in [9.17, 15) is 0 Å². The molecule has 0 atom stereocenters. The first-order valence-corrected chi connectivity index (χ1v) is 5.02. The molecule has 0 aliphatic carbocycles. The van der Waals surface area contributed by atoms with E-state index in [0.717, 1.165) is 6.54 Å². The Kier molecular flexibility index (Phi) is 3.90. The predicted molar refractivity (Wildman–Crippen MR) is 63.3 cm³/mol. The fraction of sp³-hybridized carbons (Fsp3) is 0.385. The Bertz CT molecular complexity index is 333. The van der Waals surface area contributed by atoms with Gasteiger partial charge in [-0.15, -0.1) is 0 Å². The van der Waals surface area contributed by atoms with E-state index in [2.05, 4.69) is 50.4 Å². The van der Waals surface area contributed by atoms with Crippen molar-refractivity contribution in [1.82, 2.24) is 5.32 Å². The molecule has 0 amide bonds. The van der Waals surface area contributed by atoms with Crippen LogP contribution in [0.2, 0.25) is 0 Å². The summed E-state index contributed by atoms with van der Waals surface area (Å²) in [5.74, 6) is 0. The van der Waals surface area contributed by atoms with Gasteiger partial charge in [0.15, 0.2) is 0 Å². The molecule has 1 heteroatoms. The van der Waals surface area contributed by atoms with Gasteiger partial charge in [0.1, 0.15) is 0 Å². The maximum absolute atomic E-state index is 3.16. The van der Waals surface area contributed by atoms with Gasteiger partial charge in [0.2, 0.25) is 0 Å². The molecule has 76 valence electrons. The molecule has 0 spiro atoms. The lowest BCUT2D eigenvalue weighted by atomic mass is 10.0. The Morgan fingerprint density at radius 2 is 2.07 bits per heavy atom. The number of aryl methyl sites for hydroxylation is 1. The molecule has 0 aliphatic heterocycles. The van der Waals surface area contributed by atoms with Crippen LogP contribution in [0.4, 0.5) is 0 Å². The molecule has 0 aliphatic rings. The van der Waals surface area contributed by atoms with E-state index in [-0.39, 0.29) is 0 Å². The summed E-state index contributed by atoms with van der Waals surface area (Å²) >= 11 is 0. The molecule has 14 heavy (non-hydrogen) atoms. The predicted octanol–water partition coefficient (Wildman–Crippen LogP) is 3.14. The van der Waals surface area contributed by atoms with Crippen LogP contribution in [0.3, 0.4) is 0 Å². The Morgan fingerprint density at radius 3 is 2.57 bits per heavy atom. The minimum atomic E-state index is 0.940. The number of hydrogen-bond donors (Lipinski definition) is 1. The van der Waals surface area contributed by atoms with Crippen LogP contribution in [0.5, 0.6) is 0 Å². The van der Waals surface area contributed by atoms with Crippen LogP contribution in [0, 0.1) is 6.92 Å². The van der Waals surface area contributed by atoms with Crippen molar-refractivity contribution >= 4 is 6.08 Å². The molecule has 1 aromatic rings. The summed E-state index contributed by atoms with van der Waals surface area (Å²) in [6, 6.07) is 6.61. The number of benzene rings is 1. The molecule has 1 N–H and O–H groups in total. The SMILES string of the molecule is CNCc1ccc(C=C(C)C)c(C)c1. The lowest BCUT2D eigenvalue weighted by molar-refractivity contribution is 0.817. The summed E-state index contributed by atoms with van der Waals surface area (Å²) in [5.41, 5.74) is 5.36. The quantitative estimate of drug-likeness (QED) is 0.770. The molecule has 0 heterocycles. The molecule has 0 unspecified atom stereocenters. The Labute approximate surface area is 86.8 Å². The molecular weight excluding hydrogens is 170 g/mol. The summed E-state index contributed by atoms with van der Waals surface area (Å²) in [5, 5.41) is 3.16. The van der Waals surface area contributed by atoms with Gasteiger partial charge in [0.05, 0.1) is 0 Å². The van der Waals surface area contributed by atoms with Crippen molar-refractivity contribution in [3.63, 3.8) is 0 Å². The van der Waals surface area contributed by atoms with Crippen LogP contribution in [-0.2, 0) is 6.54 Å². The van der Waals surface area contributed by atoms with E-state index in [1.165, 1.54) is 22.3 Å². The molecular formula is C13H19N. The Hall–Kier alpha value is -1.08. The fourth-order valence-electron chi connectivity index (χ4n) is 1.52. The Morgan fingerprint density at radius 1 is 1.36 bits per heavy atom. The van der Waals surface area contributed by atoms with Gasteiger partial charge in [-0.1, -0.05) is 29.8 Å². The second-order valence-electron chi connectivity index (χ2n) is 3.94. The third-order valence-electron chi connectivity index (χ3n) is 2.16. The molecule has 1 rings (SSSR count). The lowest BCUT2D eigenvalue weighted by Crippen LogP contribution is -2.05. The first-order chi connectivity index (χ1) is 6.63. The molecule has 0 saturated heterocycles. The minimum absolute atomic E-state index is 0.940. The fourth-order valence-corrected chi connectivity index (χ4v) is 1.52. The van der Waals surface area contributed by atoms with Gasteiger partial charge in [-0.05, 0) is 44.5 Å². The summed E-state index contributed by atoms with van der Waals surface area (Å²) in [6.45, 7) is 7.35. The molecule has 0 fully saturated rings. The van der Waals surface area contributed by atoms with E-state index in [1.54, 1.807) is 0 Å². The Balaban J connectivity index is 2.95. The summed E-state index contributed by atoms with van der Waals surface area (Å²) < 4.78 is 0. The first kappa shape index (κ1) is 11.0. The van der Waals surface area contributed by atoms with Gasteiger partial charge in [-0.25, -0.2) is 0 Å². The van der Waals surface area contributed by atoms with E-state index in [0.29, 0.717) is 0 Å². The van der Waals surface area contributed by atoms with Gasteiger partial charge in [-0.3, -0.25) is 0 Å². The van der Waals surface area contributed by atoms with Gasteiger partial charge < -0.3 is 5.32 Å². The van der Waals surface area contributed by atoms with Crippen molar-refractivity contribution < 1.29 is 0 Å².